The Morgan fingerprint density at radius 3 is 1.75 bits per heavy atom. The Morgan fingerprint density at radius 2 is 0.949 bits per heavy atom. The van der Waals surface area contributed by atoms with Crippen molar-refractivity contribution in [3.63, 3.8) is 0 Å². The zero-order valence-electron chi connectivity index (χ0n) is 32.0. The SMILES string of the molecule is c1ccc(-c2cccc3c2oc2ccc(-c4ccc(N(c5cccc6ccccc56)c5ccc(-c6ccccc6)c6c5oc5c7ccccc7ccc56)cc4)cc23)cc1. The highest BCUT2D eigenvalue weighted by molar-refractivity contribution is 6.22. The Labute approximate surface area is 340 Å². The monoisotopic (exact) mass is 753 g/mol. The molecule has 12 rings (SSSR count). The van der Waals surface area contributed by atoms with Crippen LogP contribution in [-0.4, -0.2) is 0 Å². The van der Waals surface area contributed by atoms with Crippen LogP contribution in [0, 0.1) is 0 Å². The van der Waals surface area contributed by atoms with Crippen molar-refractivity contribution in [2.24, 2.45) is 0 Å². The Bertz CT molecular complexity index is 3540. The molecular formula is C56H35NO2. The summed E-state index contributed by atoms with van der Waals surface area (Å²) in [6.07, 6.45) is 0. The molecule has 0 amide bonds. The Balaban J connectivity index is 1.05. The number of anilines is 3. The molecule has 3 heteroatoms. The van der Waals surface area contributed by atoms with Gasteiger partial charge in [0.1, 0.15) is 16.7 Å². The first-order chi connectivity index (χ1) is 29.3. The minimum atomic E-state index is 0.849. The van der Waals surface area contributed by atoms with Crippen molar-refractivity contribution in [2.45, 2.75) is 0 Å². The zero-order chi connectivity index (χ0) is 38.9. The topological polar surface area (TPSA) is 29.5 Å². The molecule has 0 atom stereocenters. The third kappa shape index (κ3) is 5.36. The quantitative estimate of drug-likeness (QED) is 0.169. The van der Waals surface area contributed by atoms with Gasteiger partial charge >= 0.3 is 0 Å². The smallest absolute Gasteiger partial charge is 0.160 e. The molecule has 0 aliphatic rings. The summed E-state index contributed by atoms with van der Waals surface area (Å²) in [5.74, 6) is 0. The van der Waals surface area contributed by atoms with E-state index in [1.54, 1.807) is 0 Å². The molecule has 2 heterocycles. The molecule has 276 valence electrons. The van der Waals surface area contributed by atoms with Crippen molar-refractivity contribution >= 4 is 82.5 Å². The summed E-state index contributed by atoms with van der Waals surface area (Å²) in [6.45, 7) is 0. The average molecular weight is 754 g/mol. The third-order valence-electron chi connectivity index (χ3n) is 11.9. The van der Waals surface area contributed by atoms with Gasteiger partial charge < -0.3 is 13.7 Å². The van der Waals surface area contributed by atoms with E-state index in [1.807, 2.05) is 6.07 Å². The van der Waals surface area contributed by atoms with Gasteiger partial charge in [-0.25, -0.2) is 0 Å². The number of fused-ring (bicyclic) bond motifs is 9. The standard InChI is InChI=1S/C56H35NO2/c1-3-13-38(14-4-1)44-32-33-51(56-53(44)48-31-27-40-18-8-10-21-45(40)55(48)59-56)57(50-24-11-19-37-17-7-9-20-43(37)50)42-29-25-36(26-30-42)41-28-34-52-49(35-41)47-23-12-22-46(54(47)58-52)39-15-5-2-6-16-39/h1-35H. The first-order valence-corrected chi connectivity index (χ1v) is 20.1. The van der Waals surface area contributed by atoms with E-state index in [4.69, 9.17) is 8.83 Å². The van der Waals surface area contributed by atoms with Crippen LogP contribution < -0.4 is 4.90 Å². The summed E-state index contributed by atoms with van der Waals surface area (Å²) >= 11 is 0. The van der Waals surface area contributed by atoms with Crippen LogP contribution in [0.15, 0.2) is 221 Å². The highest BCUT2D eigenvalue weighted by Crippen LogP contribution is 2.48. The number of benzene rings is 10. The lowest BCUT2D eigenvalue weighted by Crippen LogP contribution is -2.11. The van der Waals surface area contributed by atoms with Crippen molar-refractivity contribution < 1.29 is 8.83 Å². The van der Waals surface area contributed by atoms with Crippen LogP contribution in [0.3, 0.4) is 0 Å². The van der Waals surface area contributed by atoms with E-state index in [9.17, 15) is 0 Å². The van der Waals surface area contributed by atoms with E-state index in [0.717, 1.165) is 110 Å². The van der Waals surface area contributed by atoms with E-state index in [1.165, 1.54) is 5.39 Å². The summed E-state index contributed by atoms with van der Waals surface area (Å²) in [6, 6.07) is 75.5. The molecule has 0 unspecified atom stereocenters. The molecule has 0 radical (unpaired) electrons. The zero-order valence-corrected chi connectivity index (χ0v) is 32.0. The molecule has 0 bridgehead atoms. The number of nitrogens with zero attached hydrogens (tertiary/aromatic N) is 1. The number of furan rings is 2. The van der Waals surface area contributed by atoms with E-state index < -0.39 is 0 Å². The maximum atomic E-state index is 7.14. The van der Waals surface area contributed by atoms with Crippen LogP contribution in [0.1, 0.15) is 0 Å². The summed E-state index contributed by atoms with van der Waals surface area (Å²) in [4.78, 5) is 2.37. The van der Waals surface area contributed by atoms with Gasteiger partial charge in [-0.3, -0.25) is 0 Å². The lowest BCUT2D eigenvalue weighted by Gasteiger charge is -2.27. The van der Waals surface area contributed by atoms with Crippen molar-refractivity contribution in [3.05, 3.63) is 212 Å². The highest BCUT2D eigenvalue weighted by atomic mass is 16.3. The molecule has 59 heavy (non-hydrogen) atoms. The number of hydrogen-bond donors (Lipinski definition) is 0. The molecule has 0 N–H and O–H groups in total. The number of rotatable bonds is 6. The highest BCUT2D eigenvalue weighted by Gasteiger charge is 2.24. The van der Waals surface area contributed by atoms with Gasteiger partial charge in [0, 0.05) is 43.6 Å². The third-order valence-corrected chi connectivity index (χ3v) is 11.9. The van der Waals surface area contributed by atoms with Gasteiger partial charge in [0.15, 0.2) is 5.58 Å². The van der Waals surface area contributed by atoms with E-state index in [2.05, 4.69) is 211 Å². The predicted octanol–water partition coefficient (Wildman–Crippen LogP) is 16.3. The molecule has 0 saturated carbocycles. The fourth-order valence-electron chi connectivity index (χ4n) is 9.07. The average Bonchev–Trinajstić information content (AvgIpc) is 3.89. The molecule has 0 aliphatic carbocycles. The normalized spacial score (nSPS) is 11.7. The molecule has 12 aromatic rings. The van der Waals surface area contributed by atoms with Crippen molar-refractivity contribution in [1.29, 1.82) is 0 Å². The van der Waals surface area contributed by atoms with Gasteiger partial charge in [0.05, 0.1) is 11.4 Å². The van der Waals surface area contributed by atoms with Crippen LogP contribution in [0.5, 0.6) is 0 Å². The van der Waals surface area contributed by atoms with Crippen LogP contribution in [-0.2, 0) is 0 Å². The molecule has 0 saturated heterocycles. The molecule has 3 nitrogen and oxygen atoms in total. The second-order valence-electron chi connectivity index (χ2n) is 15.2. The van der Waals surface area contributed by atoms with Gasteiger partial charge in [-0.05, 0) is 81.1 Å². The fraction of sp³-hybridized carbons (Fsp3) is 0. The number of para-hydroxylation sites is 1. The minimum absolute atomic E-state index is 0.849. The minimum Gasteiger partial charge on any atom is -0.455 e. The molecule has 10 aromatic carbocycles. The van der Waals surface area contributed by atoms with Crippen molar-refractivity contribution in [3.8, 4) is 33.4 Å². The van der Waals surface area contributed by atoms with Gasteiger partial charge in [-0.15, -0.1) is 0 Å². The maximum absolute atomic E-state index is 7.14. The molecule has 0 fully saturated rings. The molecule has 2 aromatic heterocycles. The van der Waals surface area contributed by atoms with Gasteiger partial charge in [0.2, 0.25) is 0 Å². The first kappa shape index (κ1) is 33.3. The second-order valence-corrected chi connectivity index (χ2v) is 15.2. The Hall–Kier alpha value is -7.88. The van der Waals surface area contributed by atoms with Crippen molar-refractivity contribution in [2.75, 3.05) is 4.90 Å². The predicted molar refractivity (Wildman–Crippen MR) is 247 cm³/mol. The largest absolute Gasteiger partial charge is 0.455 e. The summed E-state index contributed by atoms with van der Waals surface area (Å²) in [5, 5.41) is 9.02. The first-order valence-electron chi connectivity index (χ1n) is 20.1. The van der Waals surface area contributed by atoms with E-state index in [-0.39, 0.29) is 0 Å². The van der Waals surface area contributed by atoms with Crippen LogP contribution in [0.25, 0.3) is 98.8 Å². The summed E-state index contributed by atoms with van der Waals surface area (Å²) in [5.41, 5.74) is 13.4. The van der Waals surface area contributed by atoms with Gasteiger partial charge in [-0.1, -0.05) is 170 Å². The van der Waals surface area contributed by atoms with Gasteiger partial charge in [-0.2, -0.15) is 0 Å². The van der Waals surface area contributed by atoms with Gasteiger partial charge in [0.25, 0.3) is 0 Å². The number of hydrogen-bond acceptors (Lipinski definition) is 3. The van der Waals surface area contributed by atoms with Crippen molar-refractivity contribution in [1.82, 2.24) is 0 Å². The molecule has 0 aliphatic heterocycles. The fourth-order valence-corrected chi connectivity index (χ4v) is 9.07. The van der Waals surface area contributed by atoms with Crippen LogP contribution in [0.2, 0.25) is 0 Å². The van der Waals surface area contributed by atoms with Crippen LogP contribution in [0.4, 0.5) is 17.1 Å². The molecular weight excluding hydrogens is 719 g/mol. The Morgan fingerprint density at radius 1 is 0.305 bits per heavy atom. The summed E-state index contributed by atoms with van der Waals surface area (Å²) < 4.78 is 13.7. The second kappa shape index (κ2) is 13.4. The van der Waals surface area contributed by atoms with Crippen LogP contribution >= 0.6 is 0 Å². The lowest BCUT2D eigenvalue weighted by molar-refractivity contribution is 0.670. The van der Waals surface area contributed by atoms with E-state index >= 15 is 0 Å². The summed E-state index contributed by atoms with van der Waals surface area (Å²) in [7, 11) is 0. The van der Waals surface area contributed by atoms with E-state index in [0.29, 0.717) is 0 Å². The lowest BCUT2D eigenvalue weighted by atomic mass is 9.96. The Kier molecular flexibility index (Phi) is 7.54. The maximum Gasteiger partial charge on any atom is 0.160 e. The molecule has 0 spiro atoms.